The summed E-state index contributed by atoms with van der Waals surface area (Å²) in [6.45, 7) is 2.21. The van der Waals surface area contributed by atoms with E-state index in [1.807, 2.05) is 37.3 Å². The van der Waals surface area contributed by atoms with E-state index in [0.29, 0.717) is 17.9 Å². The van der Waals surface area contributed by atoms with Crippen molar-refractivity contribution >= 4 is 5.91 Å². The van der Waals surface area contributed by atoms with Gasteiger partial charge in [-0.15, -0.1) is 0 Å². The second kappa shape index (κ2) is 6.07. The third kappa shape index (κ3) is 3.07. The third-order valence-corrected chi connectivity index (χ3v) is 3.07. The maximum Gasteiger partial charge on any atom is 0.244 e. The summed E-state index contributed by atoms with van der Waals surface area (Å²) in [5.41, 5.74) is 0.711. The van der Waals surface area contributed by atoms with Crippen LogP contribution in [0.15, 0.2) is 46.9 Å². The molecule has 0 aliphatic rings. The fraction of sp³-hybridized carbons (Fsp3) is 0.250. The van der Waals surface area contributed by atoms with Gasteiger partial charge in [-0.3, -0.25) is 4.79 Å². The van der Waals surface area contributed by atoms with Crippen molar-refractivity contribution in [3.63, 3.8) is 0 Å². The smallest absolute Gasteiger partial charge is 0.244 e. The molecule has 0 N–H and O–H groups in total. The lowest BCUT2D eigenvalue weighted by Crippen LogP contribution is -2.30. The Morgan fingerprint density at radius 1 is 1.30 bits per heavy atom. The summed E-state index contributed by atoms with van der Waals surface area (Å²) in [7, 11) is 1.67. The molecule has 0 saturated heterocycles. The number of hydrogen-bond acceptors (Lipinski definition) is 3. The van der Waals surface area contributed by atoms with Gasteiger partial charge in [0.05, 0.1) is 12.6 Å². The van der Waals surface area contributed by atoms with Gasteiger partial charge >= 0.3 is 0 Å². The number of rotatable bonds is 4. The molecule has 4 heteroatoms. The Labute approximate surface area is 118 Å². The number of nitriles is 1. The monoisotopic (exact) mass is 268 g/mol. The van der Waals surface area contributed by atoms with Crippen LogP contribution in [0.3, 0.4) is 0 Å². The van der Waals surface area contributed by atoms with E-state index in [0.717, 1.165) is 5.76 Å². The first-order chi connectivity index (χ1) is 9.61. The van der Waals surface area contributed by atoms with Crippen LogP contribution in [0.25, 0.3) is 0 Å². The number of nitrogens with zero attached hydrogens (tertiary/aromatic N) is 2. The van der Waals surface area contributed by atoms with Crippen LogP contribution in [0.2, 0.25) is 0 Å². The summed E-state index contributed by atoms with van der Waals surface area (Å²) in [6, 6.07) is 14.8. The molecule has 0 fully saturated rings. The zero-order chi connectivity index (χ0) is 14.5. The molecular weight excluding hydrogens is 252 g/mol. The first-order valence-electron chi connectivity index (χ1n) is 6.36. The molecule has 2 aromatic rings. The van der Waals surface area contributed by atoms with E-state index in [2.05, 4.69) is 6.07 Å². The number of amides is 1. The first-order valence-corrected chi connectivity index (χ1v) is 6.36. The number of carbonyl (C=O) groups excluding carboxylic acids is 1. The van der Waals surface area contributed by atoms with Crippen LogP contribution < -0.4 is 0 Å². The second-order valence-electron chi connectivity index (χ2n) is 4.68. The lowest BCUT2D eigenvalue weighted by atomic mass is 9.99. The number of carbonyl (C=O) groups is 1. The Kier molecular flexibility index (Phi) is 4.21. The van der Waals surface area contributed by atoms with Crippen LogP contribution >= 0.6 is 0 Å². The van der Waals surface area contributed by atoms with Crippen molar-refractivity contribution in [3.8, 4) is 6.07 Å². The van der Waals surface area contributed by atoms with E-state index < -0.39 is 5.92 Å². The van der Waals surface area contributed by atoms with Crippen molar-refractivity contribution in [2.75, 3.05) is 7.05 Å². The fourth-order valence-corrected chi connectivity index (χ4v) is 2.02. The molecule has 0 bridgehead atoms. The van der Waals surface area contributed by atoms with E-state index in [1.54, 1.807) is 19.2 Å². The van der Waals surface area contributed by atoms with Crippen molar-refractivity contribution in [2.24, 2.45) is 0 Å². The van der Waals surface area contributed by atoms with Crippen LogP contribution in [0.1, 0.15) is 23.0 Å². The van der Waals surface area contributed by atoms with Crippen LogP contribution in [0, 0.1) is 18.3 Å². The lowest BCUT2D eigenvalue weighted by Gasteiger charge is -2.19. The minimum Gasteiger partial charge on any atom is -0.464 e. The molecule has 1 amide bonds. The molecule has 4 nitrogen and oxygen atoms in total. The molecule has 1 aromatic heterocycles. The molecule has 0 aliphatic heterocycles. The topological polar surface area (TPSA) is 57.2 Å². The molecule has 1 aromatic carbocycles. The average molecular weight is 268 g/mol. The van der Waals surface area contributed by atoms with Gasteiger partial charge in [0.15, 0.2) is 0 Å². The molecule has 2 rings (SSSR count). The Balaban J connectivity index is 2.11. The van der Waals surface area contributed by atoms with E-state index in [9.17, 15) is 10.1 Å². The average Bonchev–Trinajstić information content (AvgIpc) is 2.86. The Morgan fingerprint density at radius 2 is 2.00 bits per heavy atom. The summed E-state index contributed by atoms with van der Waals surface area (Å²) in [6.07, 6.45) is 0. The van der Waals surface area contributed by atoms with Crippen LogP contribution in [-0.2, 0) is 11.3 Å². The summed E-state index contributed by atoms with van der Waals surface area (Å²) in [4.78, 5) is 13.9. The number of likely N-dealkylation sites (N-methyl/N-ethyl adjacent to an activating group) is 1. The molecule has 1 heterocycles. The Hall–Kier alpha value is -2.54. The van der Waals surface area contributed by atoms with E-state index in [-0.39, 0.29) is 5.91 Å². The van der Waals surface area contributed by atoms with Crippen molar-refractivity contribution < 1.29 is 9.21 Å². The Morgan fingerprint density at radius 3 is 2.55 bits per heavy atom. The second-order valence-corrected chi connectivity index (χ2v) is 4.68. The Bertz CT molecular complexity index is 625. The highest BCUT2D eigenvalue weighted by molar-refractivity contribution is 5.86. The zero-order valence-corrected chi connectivity index (χ0v) is 11.5. The maximum absolute atomic E-state index is 12.3. The highest BCUT2D eigenvalue weighted by Crippen LogP contribution is 2.18. The predicted molar refractivity (Wildman–Crippen MR) is 74.7 cm³/mol. The summed E-state index contributed by atoms with van der Waals surface area (Å²) in [5, 5.41) is 9.25. The quantitative estimate of drug-likeness (QED) is 0.856. The molecule has 0 aliphatic carbocycles. The van der Waals surface area contributed by atoms with Gasteiger partial charge in [0, 0.05) is 7.05 Å². The molecule has 20 heavy (non-hydrogen) atoms. The SMILES string of the molecule is Cc1ccc(CN(C)C(=O)C(C#N)c2ccccc2)o1. The van der Waals surface area contributed by atoms with Gasteiger partial charge in [-0.1, -0.05) is 30.3 Å². The minimum absolute atomic E-state index is 0.229. The molecule has 1 atom stereocenters. The number of furan rings is 1. The lowest BCUT2D eigenvalue weighted by molar-refractivity contribution is -0.131. The fourth-order valence-electron chi connectivity index (χ4n) is 2.02. The first kappa shape index (κ1) is 13.9. The molecule has 1 unspecified atom stereocenters. The van der Waals surface area contributed by atoms with Crippen LogP contribution in [-0.4, -0.2) is 17.9 Å². The number of benzene rings is 1. The van der Waals surface area contributed by atoms with Gasteiger partial charge < -0.3 is 9.32 Å². The van der Waals surface area contributed by atoms with Gasteiger partial charge in [-0.2, -0.15) is 5.26 Å². The van der Waals surface area contributed by atoms with Gasteiger partial charge in [0.2, 0.25) is 5.91 Å². The molecule has 0 spiro atoms. The third-order valence-electron chi connectivity index (χ3n) is 3.07. The van der Waals surface area contributed by atoms with Crippen molar-refractivity contribution in [2.45, 2.75) is 19.4 Å². The van der Waals surface area contributed by atoms with Gasteiger partial charge in [0.1, 0.15) is 17.4 Å². The maximum atomic E-state index is 12.3. The predicted octanol–water partition coefficient (Wildman–Crippen LogP) is 2.85. The van der Waals surface area contributed by atoms with Crippen LogP contribution in [0.5, 0.6) is 0 Å². The molecular formula is C16H16N2O2. The van der Waals surface area contributed by atoms with E-state index >= 15 is 0 Å². The largest absolute Gasteiger partial charge is 0.464 e. The van der Waals surface area contributed by atoms with Crippen molar-refractivity contribution in [1.29, 1.82) is 5.26 Å². The summed E-state index contributed by atoms with van der Waals surface area (Å²) >= 11 is 0. The van der Waals surface area contributed by atoms with E-state index in [1.165, 1.54) is 4.90 Å². The van der Waals surface area contributed by atoms with Crippen LogP contribution in [0.4, 0.5) is 0 Å². The normalized spacial score (nSPS) is 11.7. The van der Waals surface area contributed by atoms with Gasteiger partial charge in [-0.25, -0.2) is 0 Å². The van der Waals surface area contributed by atoms with Gasteiger partial charge in [-0.05, 0) is 24.6 Å². The van der Waals surface area contributed by atoms with Crippen molar-refractivity contribution in [1.82, 2.24) is 4.90 Å². The minimum atomic E-state index is -0.780. The number of aryl methyl sites for hydroxylation is 1. The zero-order valence-electron chi connectivity index (χ0n) is 11.5. The highest BCUT2D eigenvalue weighted by Gasteiger charge is 2.24. The van der Waals surface area contributed by atoms with Gasteiger partial charge in [0.25, 0.3) is 0 Å². The van der Waals surface area contributed by atoms with E-state index in [4.69, 9.17) is 4.42 Å². The highest BCUT2D eigenvalue weighted by atomic mass is 16.3. The van der Waals surface area contributed by atoms with Crippen molar-refractivity contribution in [3.05, 3.63) is 59.5 Å². The number of hydrogen-bond donors (Lipinski definition) is 0. The molecule has 0 radical (unpaired) electrons. The summed E-state index contributed by atoms with van der Waals surface area (Å²) in [5.74, 6) is 0.508. The molecule has 102 valence electrons. The molecule has 0 saturated carbocycles. The standard InChI is InChI=1S/C16H16N2O2/c1-12-8-9-14(20-12)11-18(2)16(19)15(10-17)13-6-4-3-5-7-13/h3-9,15H,11H2,1-2H3. The summed E-state index contributed by atoms with van der Waals surface area (Å²) < 4.78 is 5.45.